The molecule has 7 nitrogen and oxygen atoms in total. The van der Waals surface area contributed by atoms with Crippen molar-refractivity contribution in [3.8, 4) is 0 Å². The highest BCUT2D eigenvalue weighted by molar-refractivity contribution is 5.68. The number of aliphatic carboxylic acids is 1. The molecular weight excluding hydrogens is 276 g/mol. The Morgan fingerprint density at radius 3 is 2.24 bits per heavy atom. The number of carbonyl (C=O) groups excluding carboxylic acids is 1. The lowest BCUT2D eigenvalue weighted by Crippen LogP contribution is -2.50. The molecule has 0 aromatic carbocycles. The highest BCUT2D eigenvalue weighted by Gasteiger charge is 2.25. The Balaban J connectivity index is 2.26. The maximum Gasteiger partial charge on any atom is 0.410 e. The lowest BCUT2D eigenvalue weighted by molar-refractivity contribution is -0.139. The lowest BCUT2D eigenvalue weighted by Gasteiger charge is -2.35. The minimum atomic E-state index is -0.989. The molecule has 1 aliphatic heterocycles. The third kappa shape index (κ3) is 7.29. The van der Waals surface area contributed by atoms with Crippen molar-refractivity contribution in [3.63, 3.8) is 0 Å². The molecule has 1 rings (SSSR count). The number of nitrogens with zero attached hydrogens (tertiary/aromatic N) is 2. The molecule has 1 aliphatic rings. The molecule has 0 radical (unpaired) electrons. The van der Waals surface area contributed by atoms with Gasteiger partial charge >= 0.3 is 12.1 Å². The van der Waals surface area contributed by atoms with E-state index in [1.807, 2.05) is 20.8 Å². The Labute approximate surface area is 125 Å². The summed E-state index contributed by atoms with van der Waals surface area (Å²) in [6.07, 6.45) is -0.907. The monoisotopic (exact) mass is 302 g/mol. The fourth-order valence-corrected chi connectivity index (χ4v) is 2.12. The molecule has 0 spiro atoms. The predicted molar refractivity (Wildman–Crippen MR) is 77.1 cm³/mol. The largest absolute Gasteiger partial charge is 0.481 e. The zero-order valence-corrected chi connectivity index (χ0v) is 13.0. The van der Waals surface area contributed by atoms with E-state index in [0.717, 1.165) is 0 Å². The van der Waals surface area contributed by atoms with Crippen LogP contribution in [0.25, 0.3) is 0 Å². The molecule has 0 aromatic heterocycles. The summed E-state index contributed by atoms with van der Waals surface area (Å²) in [5, 5.41) is 18.1. The summed E-state index contributed by atoms with van der Waals surface area (Å²) in [5.41, 5.74) is -0.491. The van der Waals surface area contributed by atoms with Crippen molar-refractivity contribution in [1.29, 1.82) is 0 Å². The van der Waals surface area contributed by atoms with Gasteiger partial charge < -0.3 is 19.8 Å². The second kappa shape index (κ2) is 7.61. The molecule has 21 heavy (non-hydrogen) atoms. The third-order valence-electron chi connectivity index (χ3n) is 3.21. The van der Waals surface area contributed by atoms with Gasteiger partial charge in [-0.05, 0) is 27.2 Å². The van der Waals surface area contributed by atoms with Gasteiger partial charge in [0, 0.05) is 32.7 Å². The topological polar surface area (TPSA) is 90.3 Å². The predicted octanol–water partition coefficient (Wildman–Crippen LogP) is 0.765. The number of hydrogen-bond acceptors (Lipinski definition) is 5. The summed E-state index contributed by atoms with van der Waals surface area (Å²) in [6.45, 7) is 8.74. The SMILES string of the molecule is CC(C)(C)OC(=O)N1CCN(CC[C@@H](O)CC(=O)O)CC1. The third-order valence-corrected chi connectivity index (χ3v) is 3.21. The van der Waals surface area contributed by atoms with E-state index in [0.29, 0.717) is 39.1 Å². The van der Waals surface area contributed by atoms with Gasteiger partial charge in [-0.3, -0.25) is 9.69 Å². The first kappa shape index (κ1) is 17.7. The lowest BCUT2D eigenvalue weighted by atomic mass is 10.1. The van der Waals surface area contributed by atoms with Gasteiger partial charge in [0.25, 0.3) is 0 Å². The van der Waals surface area contributed by atoms with Gasteiger partial charge in [0.2, 0.25) is 0 Å². The van der Waals surface area contributed by atoms with Crippen molar-refractivity contribution in [2.24, 2.45) is 0 Å². The molecule has 0 aromatic rings. The number of carboxylic acids is 1. The van der Waals surface area contributed by atoms with E-state index in [-0.39, 0.29) is 12.5 Å². The Kier molecular flexibility index (Phi) is 6.42. The van der Waals surface area contributed by atoms with E-state index >= 15 is 0 Å². The molecule has 7 heteroatoms. The minimum absolute atomic E-state index is 0.224. The Bertz CT molecular complexity index is 359. The molecule has 2 N–H and O–H groups in total. The van der Waals surface area contributed by atoms with Crippen molar-refractivity contribution in [1.82, 2.24) is 9.80 Å². The van der Waals surface area contributed by atoms with E-state index in [1.54, 1.807) is 4.90 Å². The smallest absolute Gasteiger partial charge is 0.410 e. The van der Waals surface area contributed by atoms with Crippen LogP contribution in [0.15, 0.2) is 0 Å². The Hall–Kier alpha value is -1.34. The van der Waals surface area contributed by atoms with Crippen LogP contribution in [-0.4, -0.2) is 76.5 Å². The summed E-state index contributed by atoms with van der Waals surface area (Å²) >= 11 is 0. The number of aliphatic hydroxyl groups excluding tert-OH is 1. The van der Waals surface area contributed by atoms with Gasteiger partial charge in [0.1, 0.15) is 5.60 Å². The normalized spacial score (nSPS) is 18.4. The van der Waals surface area contributed by atoms with Crippen molar-refractivity contribution < 1.29 is 24.5 Å². The van der Waals surface area contributed by atoms with Gasteiger partial charge in [-0.25, -0.2) is 4.79 Å². The quantitative estimate of drug-likeness (QED) is 0.779. The van der Waals surface area contributed by atoms with Crippen LogP contribution in [0.5, 0.6) is 0 Å². The molecule has 1 atom stereocenters. The number of hydrogen-bond donors (Lipinski definition) is 2. The molecule has 0 unspecified atom stereocenters. The first-order valence-electron chi connectivity index (χ1n) is 7.27. The summed E-state index contributed by atoms with van der Waals surface area (Å²) in [6, 6.07) is 0. The molecular formula is C14H26N2O5. The first-order chi connectivity index (χ1) is 9.67. The van der Waals surface area contributed by atoms with Crippen molar-refractivity contribution in [2.75, 3.05) is 32.7 Å². The molecule has 1 heterocycles. The van der Waals surface area contributed by atoms with Gasteiger partial charge in [0.15, 0.2) is 0 Å². The molecule has 1 fully saturated rings. The number of rotatable bonds is 5. The molecule has 0 bridgehead atoms. The van der Waals surface area contributed by atoms with Crippen LogP contribution in [0.4, 0.5) is 4.79 Å². The van der Waals surface area contributed by atoms with Gasteiger partial charge in [-0.15, -0.1) is 0 Å². The molecule has 122 valence electrons. The highest BCUT2D eigenvalue weighted by Crippen LogP contribution is 2.12. The van der Waals surface area contributed by atoms with E-state index in [4.69, 9.17) is 9.84 Å². The standard InChI is InChI=1S/C14H26N2O5/c1-14(2,3)21-13(20)16-8-6-15(7-9-16)5-4-11(17)10-12(18)19/h11,17H,4-10H2,1-3H3,(H,18,19)/t11-/m1/s1. The van der Waals surface area contributed by atoms with E-state index < -0.39 is 17.7 Å². The average molecular weight is 302 g/mol. The van der Waals surface area contributed by atoms with E-state index in [2.05, 4.69) is 4.90 Å². The van der Waals surface area contributed by atoms with Crippen LogP contribution in [0.2, 0.25) is 0 Å². The summed E-state index contributed by atoms with van der Waals surface area (Å²) in [5.74, 6) is -0.989. The average Bonchev–Trinajstić information content (AvgIpc) is 2.34. The van der Waals surface area contributed by atoms with Crippen LogP contribution < -0.4 is 0 Å². The zero-order valence-electron chi connectivity index (χ0n) is 13.0. The van der Waals surface area contributed by atoms with Crippen molar-refractivity contribution >= 4 is 12.1 Å². The van der Waals surface area contributed by atoms with E-state index in [1.165, 1.54) is 0 Å². The Morgan fingerprint density at radius 2 is 1.76 bits per heavy atom. The number of carboxylic acid groups (broad SMARTS) is 1. The number of piperazine rings is 1. The molecule has 0 saturated carbocycles. The fourth-order valence-electron chi connectivity index (χ4n) is 2.12. The highest BCUT2D eigenvalue weighted by atomic mass is 16.6. The number of aliphatic hydroxyl groups is 1. The minimum Gasteiger partial charge on any atom is -0.481 e. The van der Waals surface area contributed by atoms with Gasteiger partial charge in [0.05, 0.1) is 12.5 Å². The van der Waals surface area contributed by atoms with Crippen LogP contribution in [-0.2, 0) is 9.53 Å². The van der Waals surface area contributed by atoms with Gasteiger partial charge in [-0.2, -0.15) is 0 Å². The van der Waals surface area contributed by atoms with Gasteiger partial charge in [-0.1, -0.05) is 0 Å². The van der Waals surface area contributed by atoms with Crippen LogP contribution in [0.1, 0.15) is 33.6 Å². The summed E-state index contributed by atoms with van der Waals surface area (Å²) < 4.78 is 5.32. The van der Waals surface area contributed by atoms with Crippen molar-refractivity contribution in [3.05, 3.63) is 0 Å². The number of carbonyl (C=O) groups is 2. The van der Waals surface area contributed by atoms with Crippen LogP contribution in [0.3, 0.4) is 0 Å². The number of amides is 1. The second-order valence-corrected chi connectivity index (χ2v) is 6.35. The summed E-state index contributed by atoms with van der Waals surface area (Å²) in [4.78, 5) is 26.1. The van der Waals surface area contributed by atoms with Crippen molar-refractivity contribution in [2.45, 2.75) is 45.3 Å². The molecule has 1 saturated heterocycles. The molecule has 0 aliphatic carbocycles. The second-order valence-electron chi connectivity index (χ2n) is 6.35. The molecule has 1 amide bonds. The maximum atomic E-state index is 11.9. The zero-order chi connectivity index (χ0) is 16.0. The van der Waals surface area contributed by atoms with Crippen LogP contribution >= 0.6 is 0 Å². The van der Waals surface area contributed by atoms with Crippen LogP contribution in [0, 0.1) is 0 Å². The first-order valence-corrected chi connectivity index (χ1v) is 7.27. The fraction of sp³-hybridized carbons (Fsp3) is 0.857. The van der Waals surface area contributed by atoms with E-state index in [9.17, 15) is 14.7 Å². The summed E-state index contributed by atoms with van der Waals surface area (Å²) in [7, 11) is 0. The maximum absolute atomic E-state index is 11.9. The number of ether oxygens (including phenoxy) is 1. The Morgan fingerprint density at radius 1 is 1.19 bits per heavy atom.